The quantitative estimate of drug-likeness (QED) is 0.376. The number of likely N-dealkylation sites (N-methyl/N-ethyl adjacent to an activating group) is 1. The molecule has 0 amide bonds. The first-order valence-electron chi connectivity index (χ1n) is 7.50. The molecule has 20 heavy (non-hydrogen) atoms. The molecule has 0 fully saturated rings. The summed E-state index contributed by atoms with van der Waals surface area (Å²) in [7, 11) is 4.27. The van der Waals surface area contributed by atoms with Crippen molar-refractivity contribution in [2.75, 3.05) is 14.1 Å². The summed E-state index contributed by atoms with van der Waals surface area (Å²) in [5.74, 6) is 0. The van der Waals surface area contributed by atoms with Gasteiger partial charge in [-0.3, -0.25) is 0 Å². The van der Waals surface area contributed by atoms with Gasteiger partial charge in [-0.05, 0) is 14.1 Å². The maximum absolute atomic E-state index is 2.26. The predicted octanol–water partition coefficient (Wildman–Crippen LogP) is 2.16. The van der Waals surface area contributed by atoms with Gasteiger partial charge in [0.15, 0.2) is 0 Å². The summed E-state index contributed by atoms with van der Waals surface area (Å²) in [5, 5.41) is 0. The van der Waals surface area contributed by atoms with E-state index in [9.17, 15) is 0 Å². The fraction of sp³-hybridized carbons (Fsp3) is 0.500. The molecular formula is C18H28LiN. The summed E-state index contributed by atoms with van der Waals surface area (Å²) in [4.78, 5) is 2.24. The van der Waals surface area contributed by atoms with Gasteiger partial charge in [-0.15, -0.1) is 5.56 Å². The minimum atomic E-state index is 0. The standard InChI is InChI=1S/C18H28N.Li/c1-4-5-6-7-11-14-18(19(2)3)16-15-17-12-9-8-10-13-17;/h8-10,12-13,15-16H,4-7,11,14H2,1-3H3;/q-1;+1. The average molecular weight is 265 g/mol. The Morgan fingerprint density at radius 2 is 1.65 bits per heavy atom. The first kappa shape index (κ1) is 19.4. The number of hydrogen-bond acceptors (Lipinski definition) is 1. The van der Waals surface area contributed by atoms with Gasteiger partial charge in [0, 0.05) is 0 Å². The Hall–Kier alpha value is -0.613. The Morgan fingerprint density at radius 1 is 1.00 bits per heavy atom. The Morgan fingerprint density at radius 3 is 2.25 bits per heavy atom. The van der Waals surface area contributed by atoms with Crippen molar-refractivity contribution in [2.45, 2.75) is 45.4 Å². The third kappa shape index (κ3) is 8.54. The molecule has 1 nitrogen and oxygen atoms in total. The molecule has 0 bridgehead atoms. The Bertz CT molecular complexity index is 346. The van der Waals surface area contributed by atoms with E-state index >= 15 is 0 Å². The Labute approximate surface area is 137 Å². The normalized spacial score (nSPS) is 10.8. The molecular weight excluding hydrogens is 237 g/mol. The van der Waals surface area contributed by atoms with Gasteiger partial charge in [0.05, 0.1) is 0 Å². The largest absolute Gasteiger partial charge is 1.00 e. The number of rotatable bonds is 9. The van der Waals surface area contributed by atoms with Gasteiger partial charge < -0.3 is 4.90 Å². The van der Waals surface area contributed by atoms with Gasteiger partial charge in [-0.1, -0.05) is 75.8 Å². The van der Waals surface area contributed by atoms with Crippen LogP contribution in [-0.2, 0) is 0 Å². The third-order valence-electron chi connectivity index (χ3n) is 3.38. The molecule has 2 heteroatoms. The van der Waals surface area contributed by atoms with Crippen LogP contribution in [0.25, 0.3) is 6.08 Å². The van der Waals surface area contributed by atoms with E-state index < -0.39 is 0 Å². The first-order valence-corrected chi connectivity index (χ1v) is 7.50. The molecule has 0 saturated heterocycles. The van der Waals surface area contributed by atoms with E-state index in [0.29, 0.717) is 0 Å². The molecule has 0 aliphatic rings. The fourth-order valence-corrected chi connectivity index (χ4v) is 2.12. The predicted molar refractivity (Wildman–Crippen MR) is 85.8 cm³/mol. The Kier molecular flexibility index (Phi) is 11.8. The van der Waals surface area contributed by atoms with Crippen LogP contribution in [0.5, 0.6) is 0 Å². The van der Waals surface area contributed by atoms with E-state index in [-0.39, 0.29) is 18.9 Å². The Balaban J connectivity index is 0.00000361. The van der Waals surface area contributed by atoms with Crippen LogP contribution in [0.1, 0.15) is 51.0 Å². The van der Waals surface area contributed by atoms with Crippen LogP contribution in [-0.4, -0.2) is 19.0 Å². The molecule has 0 N–H and O–H groups in total. The number of unbranched alkanes of at least 4 members (excludes halogenated alkanes) is 4. The zero-order chi connectivity index (χ0) is 13.9. The second-order valence-electron chi connectivity index (χ2n) is 5.29. The second kappa shape index (κ2) is 12.2. The molecule has 0 heterocycles. The summed E-state index contributed by atoms with van der Waals surface area (Å²) in [6.07, 6.45) is 12.4. The fourth-order valence-electron chi connectivity index (χ4n) is 2.12. The molecule has 0 unspecified atom stereocenters. The van der Waals surface area contributed by atoms with Crippen molar-refractivity contribution in [3.63, 3.8) is 0 Å². The summed E-state index contributed by atoms with van der Waals surface area (Å²) in [5.41, 5.74) is 1.27. The maximum atomic E-state index is 2.26. The van der Waals surface area contributed by atoms with Gasteiger partial charge >= 0.3 is 18.9 Å². The average Bonchev–Trinajstić information content (AvgIpc) is 2.42. The van der Waals surface area contributed by atoms with E-state index in [0.717, 1.165) is 0 Å². The SMILES string of the molecule is CCCCCCC[C-](C=Cc1ccccc1)N(C)C.[Li+]. The van der Waals surface area contributed by atoms with Crippen molar-refractivity contribution in [1.82, 2.24) is 4.90 Å². The van der Waals surface area contributed by atoms with E-state index in [1.54, 1.807) is 0 Å². The molecule has 0 atom stereocenters. The first-order chi connectivity index (χ1) is 9.24. The van der Waals surface area contributed by atoms with Gasteiger partial charge in [0.25, 0.3) is 0 Å². The minimum Gasteiger partial charge on any atom is -0.362 e. The zero-order valence-corrected chi connectivity index (χ0v) is 13.7. The molecule has 0 radical (unpaired) electrons. The van der Waals surface area contributed by atoms with Crippen LogP contribution in [0.3, 0.4) is 0 Å². The third-order valence-corrected chi connectivity index (χ3v) is 3.38. The van der Waals surface area contributed by atoms with Crippen LogP contribution in [0.2, 0.25) is 0 Å². The van der Waals surface area contributed by atoms with Gasteiger partial charge in [0.2, 0.25) is 0 Å². The van der Waals surface area contributed by atoms with Gasteiger partial charge in [0.1, 0.15) is 0 Å². The van der Waals surface area contributed by atoms with Crippen molar-refractivity contribution >= 4 is 6.08 Å². The van der Waals surface area contributed by atoms with Gasteiger partial charge in [-0.2, -0.15) is 6.04 Å². The van der Waals surface area contributed by atoms with E-state index in [1.807, 2.05) is 0 Å². The molecule has 1 aromatic carbocycles. The van der Waals surface area contributed by atoms with Crippen LogP contribution < -0.4 is 18.9 Å². The molecule has 1 aromatic rings. The smallest absolute Gasteiger partial charge is 0.362 e. The summed E-state index contributed by atoms with van der Waals surface area (Å²) < 4.78 is 0. The number of hydrogen-bond donors (Lipinski definition) is 0. The molecule has 0 spiro atoms. The summed E-state index contributed by atoms with van der Waals surface area (Å²) in [6, 6.07) is 11.9. The molecule has 0 aliphatic carbocycles. The van der Waals surface area contributed by atoms with Crippen LogP contribution >= 0.6 is 0 Å². The zero-order valence-electron chi connectivity index (χ0n) is 13.7. The van der Waals surface area contributed by atoms with Crippen LogP contribution in [0.15, 0.2) is 36.4 Å². The molecule has 106 valence electrons. The minimum absolute atomic E-state index is 0. The maximum Gasteiger partial charge on any atom is 1.00 e. The van der Waals surface area contributed by atoms with Crippen molar-refractivity contribution in [3.8, 4) is 0 Å². The van der Waals surface area contributed by atoms with Crippen LogP contribution in [0.4, 0.5) is 0 Å². The van der Waals surface area contributed by atoms with Crippen molar-refractivity contribution < 1.29 is 18.9 Å². The van der Waals surface area contributed by atoms with E-state index in [1.165, 1.54) is 50.1 Å². The van der Waals surface area contributed by atoms with Crippen molar-refractivity contribution in [2.24, 2.45) is 0 Å². The molecule has 0 aromatic heterocycles. The topological polar surface area (TPSA) is 3.24 Å². The van der Waals surface area contributed by atoms with Gasteiger partial charge in [-0.25, -0.2) is 12.2 Å². The molecule has 0 saturated carbocycles. The van der Waals surface area contributed by atoms with Crippen molar-refractivity contribution in [3.05, 3.63) is 48.0 Å². The number of nitrogens with zero attached hydrogens (tertiary/aromatic N) is 1. The number of benzene rings is 1. The second-order valence-corrected chi connectivity index (χ2v) is 5.29. The van der Waals surface area contributed by atoms with E-state index in [2.05, 4.69) is 68.4 Å². The monoisotopic (exact) mass is 265 g/mol. The van der Waals surface area contributed by atoms with E-state index in [4.69, 9.17) is 0 Å². The summed E-state index contributed by atoms with van der Waals surface area (Å²) in [6.45, 7) is 2.26. The molecule has 0 aliphatic heterocycles. The van der Waals surface area contributed by atoms with Crippen molar-refractivity contribution in [1.29, 1.82) is 0 Å². The van der Waals surface area contributed by atoms with Crippen LogP contribution in [0, 0.1) is 6.04 Å². The summed E-state index contributed by atoms with van der Waals surface area (Å²) >= 11 is 0. The molecule has 1 rings (SSSR count).